The Morgan fingerprint density at radius 2 is 1.97 bits per heavy atom. The molecule has 1 unspecified atom stereocenters. The fourth-order valence-electron chi connectivity index (χ4n) is 3.40. The van der Waals surface area contributed by atoms with E-state index in [1.807, 2.05) is 6.92 Å². The van der Waals surface area contributed by atoms with E-state index in [1.54, 1.807) is 19.0 Å². The summed E-state index contributed by atoms with van der Waals surface area (Å²) in [5, 5.41) is 6.71. The Balaban J connectivity index is 0.00000512. The van der Waals surface area contributed by atoms with E-state index < -0.39 is 0 Å². The zero-order valence-corrected chi connectivity index (χ0v) is 22.0. The lowest BCUT2D eigenvalue weighted by Crippen LogP contribution is -2.50. The molecular weight excluding hydrogens is 529 g/mol. The molecule has 0 spiro atoms. The Hall–Kier alpha value is -1.34. The van der Waals surface area contributed by atoms with Crippen LogP contribution in [-0.2, 0) is 19.0 Å². The molecule has 2 rings (SSSR count). The van der Waals surface area contributed by atoms with Gasteiger partial charge in [0.15, 0.2) is 5.96 Å². The summed E-state index contributed by atoms with van der Waals surface area (Å²) in [7, 11) is 3.44. The van der Waals surface area contributed by atoms with Crippen molar-refractivity contribution in [2.75, 3.05) is 73.3 Å². The van der Waals surface area contributed by atoms with E-state index in [-0.39, 0.29) is 48.6 Å². The molecule has 0 saturated carbocycles. The highest BCUT2D eigenvalue weighted by atomic mass is 127. The van der Waals surface area contributed by atoms with Gasteiger partial charge >= 0.3 is 6.09 Å². The van der Waals surface area contributed by atoms with E-state index in [0.29, 0.717) is 44.7 Å². The average molecular weight is 569 g/mol. The van der Waals surface area contributed by atoms with Gasteiger partial charge in [-0.2, -0.15) is 0 Å². The van der Waals surface area contributed by atoms with Gasteiger partial charge in [-0.15, -0.1) is 24.0 Å². The highest BCUT2D eigenvalue weighted by molar-refractivity contribution is 14.0. The third-order valence-electron chi connectivity index (χ3n) is 5.37. The molecule has 0 bridgehead atoms. The number of nitrogens with one attached hydrogen (secondary N) is 2. The van der Waals surface area contributed by atoms with Crippen LogP contribution >= 0.6 is 24.0 Å². The lowest BCUT2D eigenvalue weighted by atomic mass is 10.1. The molecule has 1 atom stereocenters. The number of hydrogen-bond acceptors (Lipinski definition) is 6. The maximum absolute atomic E-state index is 11.9. The first kappa shape index (κ1) is 28.7. The second-order valence-corrected chi connectivity index (χ2v) is 8.14. The first-order valence-corrected chi connectivity index (χ1v) is 11.3. The minimum Gasteiger partial charge on any atom is -0.450 e. The molecule has 2 heterocycles. The van der Waals surface area contributed by atoms with Gasteiger partial charge in [-0.3, -0.25) is 4.79 Å². The largest absolute Gasteiger partial charge is 0.450 e. The zero-order valence-electron chi connectivity index (χ0n) is 19.6. The van der Waals surface area contributed by atoms with Crippen molar-refractivity contribution in [1.82, 2.24) is 20.4 Å². The van der Waals surface area contributed by atoms with E-state index in [4.69, 9.17) is 14.2 Å². The molecule has 0 aliphatic carbocycles. The molecule has 2 saturated heterocycles. The normalized spacial score (nSPS) is 19.3. The first-order valence-electron chi connectivity index (χ1n) is 11.3. The maximum atomic E-state index is 11.9. The number of nitrogens with zero attached hydrogens (tertiary/aromatic N) is 3. The van der Waals surface area contributed by atoms with Gasteiger partial charge in [0, 0.05) is 58.9 Å². The van der Waals surface area contributed by atoms with E-state index in [2.05, 4.69) is 15.6 Å². The van der Waals surface area contributed by atoms with Gasteiger partial charge in [0.1, 0.15) is 6.54 Å². The second-order valence-electron chi connectivity index (χ2n) is 8.14. The number of carbonyl (C=O) groups is 2. The second kappa shape index (κ2) is 16.3. The standard InChI is InChI=1S/C21H39N5O5.HI/c1-4-31-21(28)26-10-6-18(7-11-26)24-20(23-14-19(27)25(2)3)22-9-5-12-29-15-17-8-13-30-16-17;/h17-18H,4-16H2,1-3H3,(H2,22,23,24);1H. The number of piperidine rings is 1. The van der Waals surface area contributed by atoms with E-state index >= 15 is 0 Å². The van der Waals surface area contributed by atoms with Crippen LogP contribution in [0.3, 0.4) is 0 Å². The van der Waals surface area contributed by atoms with Gasteiger partial charge < -0.3 is 34.6 Å². The van der Waals surface area contributed by atoms with Crippen LogP contribution in [0.4, 0.5) is 4.79 Å². The van der Waals surface area contributed by atoms with Gasteiger partial charge in [0.25, 0.3) is 0 Å². The van der Waals surface area contributed by atoms with Crippen molar-refractivity contribution in [3.8, 4) is 0 Å². The Morgan fingerprint density at radius 1 is 1.22 bits per heavy atom. The lowest BCUT2D eigenvalue weighted by molar-refractivity contribution is -0.127. The molecular formula is C21H40IN5O5. The quantitative estimate of drug-likeness (QED) is 0.177. The minimum absolute atomic E-state index is 0. The van der Waals surface area contributed by atoms with Gasteiger partial charge in [0.05, 0.1) is 19.8 Å². The molecule has 2 amide bonds. The van der Waals surface area contributed by atoms with Crippen LogP contribution in [0.1, 0.15) is 32.6 Å². The summed E-state index contributed by atoms with van der Waals surface area (Å²) in [6, 6.07) is 0.185. The number of amides is 2. The number of hydrogen-bond donors (Lipinski definition) is 2. The predicted molar refractivity (Wildman–Crippen MR) is 134 cm³/mol. The van der Waals surface area contributed by atoms with Crippen LogP contribution in [0.25, 0.3) is 0 Å². The predicted octanol–water partition coefficient (Wildman–Crippen LogP) is 1.29. The molecule has 186 valence electrons. The Bertz CT molecular complexity index is 579. The summed E-state index contributed by atoms with van der Waals surface area (Å²) >= 11 is 0. The fraction of sp³-hybridized carbons (Fsp3) is 0.857. The van der Waals surface area contributed by atoms with Crippen molar-refractivity contribution in [2.24, 2.45) is 10.9 Å². The van der Waals surface area contributed by atoms with Gasteiger partial charge in [-0.25, -0.2) is 9.79 Å². The summed E-state index contributed by atoms with van der Waals surface area (Å²) in [4.78, 5) is 31.5. The molecule has 2 fully saturated rings. The molecule has 2 aliphatic heterocycles. The molecule has 32 heavy (non-hydrogen) atoms. The van der Waals surface area contributed by atoms with Crippen molar-refractivity contribution in [3.63, 3.8) is 0 Å². The van der Waals surface area contributed by atoms with Crippen molar-refractivity contribution < 1.29 is 23.8 Å². The lowest BCUT2D eigenvalue weighted by Gasteiger charge is -2.32. The zero-order chi connectivity index (χ0) is 22.5. The van der Waals surface area contributed by atoms with Gasteiger partial charge in [0.2, 0.25) is 5.91 Å². The Kier molecular flexibility index (Phi) is 14.6. The van der Waals surface area contributed by atoms with E-state index in [1.165, 1.54) is 4.90 Å². The van der Waals surface area contributed by atoms with Crippen LogP contribution in [-0.4, -0.2) is 107 Å². The number of aliphatic imine (C=N–C) groups is 1. The van der Waals surface area contributed by atoms with Crippen LogP contribution in [0.5, 0.6) is 0 Å². The number of carbonyl (C=O) groups excluding carboxylic acids is 2. The smallest absolute Gasteiger partial charge is 0.409 e. The highest BCUT2D eigenvalue weighted by Gasteiger charge is 2.24. The number of ether oxygens (including phenoxy) is 3. The number of likely N-dealkylation sites (N-methyl/N-ethyl adjacent to an activating group) is 1. The minimum atomic E-state index is -0.256. The van der Waals surface area contributed by atoms with E-state index in [9.17, 15) is 9.59 Å². The molecule has 11 heteroatoms. The van der Waals surface area contributed by atoms with Crippen molar-refractivity contribution >= 4 is 41.9 Å². The number of rotatable bonds is 10. The van der Waals surface area contributed by atoms with Gasteiger partial charge in [-0.1, -0.05) is 0 Å². The fourth-order valence-corrected chi connectivity index (χ4v) is 3.40. The van der Waals surface area contributed by atoms with Crippen LogP contribution < -0.4 is 10.6 Å². The first-order chi connectivity index (χ1) is 15.0. The van der Waals surface area contributed by atoms with E-state index in [0.717, 1.165) is 45.5 Å². The highest BCUT2D eigenvalue weighted by Crippen LogP contribution is 2.12. The summed E-state index contributed by atoms with van der Waals surface area (Å²) in [5.74, 6) is 1.08. The summed E-state index contributed by atoms with van der Waals surface area (Å²) in [6.07, 6.45) is 3.26. The van der Waals surface area contributed by atoms with Crippen LogP contribution in [0, 0.1) is 5.92 Å². The summed E-state index contributed by atoms with van der Waals surface area (Å²) in [6.45, 7) is 7.31. The van der Waals surface area contributed by atoms with Crippen LogP contribution in [0.15, 0.2) is 4.99 Å². The number of likely N-dealkylation sites (tertiary alicyclic amines) is 1. The molecule has 0 radical (unpaired) electrons. The third-order valence-corrected chi connectivity index (χ3v) is 5.37. The molecule has 10 nitrogen and oxygen atoms in total. The molecule has 0 aromatic heterocycles. The van der Waals surface area contributed by atoms with Crippen molar-refractivity contribution in [1.29, 1.82) is 0 Å². The van der Waals surface area contributed by atoms with Gasteiger partial charge in [-0.05, 0) is 32.6 Å². The topological polar surface area (TPSA) is 105 Å². The SMILES string of the molecule is CCOC(=O)N1CCC(NC(=NCC(=O)N(C)C)NCCCOCC2CCOC2)CC1.I. The molecule has 0 aromatic rings. The summed E-state index contributed by atoms with van der Waals surface area (Å²) < 4.78 is 16.2. The monoisotopic (exact) mass is 569 g/mol. The average Bonchev–Trinajstić information content (AvgIpc) is 3.28. The summed E-state index contributed by atoms with van der Waals surface area (Å²) in [5.41, 5.74) is 0. The van der Waals surface area contributed by atoms with Crippen molar-refractivity contribution in [2.45, 2.75) is 38.6 Å². The molecule has 2 N–H and O–H groups in total. The number of guanidine groups is 1. The molecule has 0 aromatic carbocycles. The Morgan fingerprint density at radius 3 is 2.59 bits per heavy atom. The maximum Gasteiger partial charge on any atom is 0.409 e. The Labute approximate surface area is 208 Å². The number of halogens is 1. The van der Waals surface area contributed by atoms with Crippen molar-refractivity contribution in [3.05, 3.63) is 0 Å². The molecule has 2 aliphatic rings. The third kappa shape index (κ3) is 11.0. The van der Waals surface area contributed by atoms with Crippen LogP contribution in [0.2, 0.25) is 0 Å².